The zero-order valence-corrected chi connectivity index (χ0v) is 17.4. The van der Waals surface area contributed by atoms with Gasteiger partial charge in [0.1, 0.15) is 0 Å². The molecule has 0 saturated heterocycles. The van der Waals surface area contributed by atoms with Crippen molar-refractivity contribution in [2.75, 3.05) is 26.3 Å². The Morgan fingerprint density at radius 2 is 1.18 bits per heavy atom. The Kier molecular flexibility index (Phi) is 11.0. The van der Waals surface area contributed by atoms with Crippen molar-refractivity contribution >= 4 is 22.7 Å². The van der Waals surface area contributed by atoms with Gasteiger partial charge in [-0.3, -0.25) is 0 Å². The van der Waals surface area contributed by atoms with Crippen molar-refractivity contribution in [1.82, 2.24) is 10.6 Å². The quantitative estimate of drug-likeness (QED) is 0.419. The summed E-state index contributed by atoms with van der Waals surface area (Å²) in [7, 11) is -3.03. The molecule has 0 radical (unpaired) electrons. The van der Waals surface area contributed by atoms with E-state index < -0.39 is 16.6 Å². The maximum absolute atomic E-state index is 11.7. The number of nitrogens with one attached hydrogen (secondary N) is 2. The highest BCUT2D eigenvalue weighted by atomic mass is 28.4. The van der Waals surface area contributed by atoms with Crippen LogP contribution in [0.5, 0.6) is 0 Å². The average molecular weight is 349 g/mol. The molecule has 132 valence electrons. The smallest absolute Gasteiger partial charge is 0.314 e. The summed E-state index contributed by atoms with van der Waals surface area (Å²) in [4.78, 5) is 11.7. The lowest BCUT2D eigenvalue weighted by molar-refractivity contribution is 0.240. The van der Waals surface area contributed by atoms with Crippen LogP contribution in [0.3, 0.4) is 0 Å². The van der Waals surface area contributed by atoms with Crippen LogP contribution in [0.2, 0.25) is 38.3 Å². The molecule has 2 N–H and O–H groups in total. The molecular formula is C15H36N2O3Si2. The van der Waals surface area contributed by atoms with Gasteiger partial charge in [-0.2, -0.15) is 0 Å². The van der Waals surface area contributed by atoms with E-state index in [-0.39, 0.29) is 6.03 Å². The fraction of sp³-hybridized carbons (Fsp3) is 0.933. The van der Waals surface area contributed by atoms with Crippen molar-refractivity contribution in [3.8, 4) is 0 Å². The second-order valence-corrected chi connectivity index (χ2v) is 15.4. The van der Waals surface area contributed by atoms with E-state index in [1.807, 2.05) is 13.8 Å². The van der Waals surface area contributed by atoms with E-state index in [4.69, 9.17) is 8.85 Å². The molecule has 22 heavy (non-hydrogen) atoms. The zero-order valence-electron chi connectivity index (χ0n) is 15.4. The highest BCUT2D eigenvalue weighted by Crippen LogP contribution is 2.13. The van der Waals surface area contributed by atoms with Crippen LogP contribution < -0.4 is 10.6 Å². The molecule has 5 nitrogen and oxygen atoms in total. The molecule has 0 rings (SSSR count). The number of carbonyl (C=O) groups is 1. The SMILES string of the molecule is CCO[Si](C)(C)CCCNC(=O)NCCC[Si](C)(C)OCC. The number of amides is 2. The van der Waals surface area contributed by atoms with E-state index >= 15 is 0 Å². The second kappa shape index (κ2) is 11.2. The fourth-order valence-corrected chi connectivity index (χ4v) is 6.33. The molecule has 0 aliphatic carbocycles. The molecule has 0 aromatic rings. The zero-order chi connectivity index (χ0) is 17.1. The Morgan fingerprint density at radius 3 is 1.50 bits per heavy atom. The number of urea groups is 1. The van der Waals surface area contributed by atoms with Crippen molar-refractivity contribution in [2.45, 2.75) is 65.0 Å². The van der Waals surface area contributed by atoms with Crippen LogP contribution in [0.4, 0.5) is 4.79 Å². The topological polar surface area (TPSA) is 59.6 Å². The minimum atomic E-state index is -1.52. The highest BCUT2D eigenvalue weighted by Gasteiger charge is 2.21. The molecule has 0 aliphatic heterocycles. The standard InChI is InChI=1S/C15H36N2O3Si2/c1-7-19-21(3,4)13-9-11-16-15(18)17-12-10-14-22(5,6)20-8-2/h7-14H2,1-6H3,(H2,16,17,18). The molecule has 0 bridgehead atoms. The normalized spacial score (nSPS) is 12.3. The van der Waals surface area contributed by atoms with Gasteiger partial charge in [0.2, 0.25) is 0 Å². The summed E-state index contributed by atoms with van der Waals surface area (Å²) in [6.07, 6.45) is 1.97. The van der Waals surface area contributed by atoms with E-state index in [9.17, 15) is 4.79 Å². The Balaban J connectivity index is 3.63. The van der Waals surface area contributed by atoms with Crippen molar-refractivity contribution in [2.24, 2.45) is 0 Å². The van der Waals surface area contributed by atoms with Gasteiger partial charge >= 0.3 is 6.03 Å². The molecule has 0 aromatic heterocycles. The van der Waals surface area contributed by atoms with Gasteiger partial charge in [-0.05, 0) is 65.0 Å². The number of hydrogen-bond acceptors (Lipinski definition) is 3. The van der Waals surface area contributed by atoms with Crippen molar-refractivity contribution in [1.29, 1.82) is 0 Å². The van der Waals surface area contributed by atoms with E-state index in [0.29, 0.717) is 13.1 Å². The molecule has 0 spiro atoms. The molecule has 0 aromatic carbocycles. The van der Waals surface area contributed by atoms with Crippen LogP contribution in [0.15, 0.2) is 0 Å². The summed E-state index contributed by atoms with van der Waals surface area (Å²) in [6, 6.07) is 2.09. The maximum Gasteiger partial charge on any atom is 0.314 e. The molecule has 7 heteroatoms. The van der Waals surface area contributed by atoms with Crippen molar-refractivity contribution in [3.05, 3.63) is 0 Å². The van der Waals surface area contributed by atoms with E-state index in [2.05, 4.69) is 36.8 Å². The maximum atomic E-state index is 11.7. The first-order valence-corrected chi connectivity index (χ1v) is 14.7. The number of carbonyl (C=O) groups excluding carboxylic acids is 1. The number of rotatable bonds is 12. The lowest BCUT2D eigenvalue weighted by Gasteiger charge is -2.22. The molecule has 0 unspecified atom stereocenters. The van der Waals surface area contributed by atoms with Crippen LogP contribution in [0.1, 0.15) is 26.7 Å². The Morgan fingerprint density at radius 1 is 0.818 bits per heavy atom. The average Bonchev–Trinajstić information content (AvgIpc) is 2.40. The lowest BCUT2D eigenvalue weighted by Crippen LogP contribution is -2.38. The fourth-order valence-electron chi connectivity index (χ4n) is 2.42. The number of hydrogen-bond donors (Lipinski definition) is 2. The predicted molar refractivity (Wildman–Crippen MR) is 98.5 cm³/mol. The van der Waals surface area contributed by atoms with E-state index in [1.54, 1.807) is 0 Å². The van der Waals surface area contributed by atoms with E-state index in [1.165, 1.54) is 0 Å². The second-order valence-electron chi connectivity index (χ2n) is 6.78. The van der Waals surface area contributed by atoms with Crippen LogP contribution in [-0.4, -0.2) is 49.0 Å². The Bertz CT molecular complexity index is 285. The highest BCUT2D eigenvalue weighted by molar-refractivity contribution is 6.71. The van der Waals surface area contributed by atoms with Crippen molar-refractivity contribution < 1.29 is 13.6 Å². The van der Waals surface area contributed by atoms with Gasteiger partial charge in [0.25, 0.3) is 0 Å². The van der Waals surface area contributed by atoms with Gasteiger partial charge in [-0.25, -0.2) is 4.79 Å². The summed E-state index contributed by atoms with van der Waals surface area (Å²) in [5.41, 5.74) is 0. The molecule has 0 saturated carbocycles. The third kappa shape index (κ3) is 12.2. The first-order chi connectivity index (χ1) is 10.2. The summed E-state index contributed by atoms with van der Waals surface area (Å²) in [6.45, 7) is 16.0. The summed E-state index contributed by atoms with van der Waals surface area (Å²) in [5, 5.41) is 5.83. The van der Waals surface area contributed by atoms with E-state index in [0.717, 1.165) is 38.1 Å². The molecule has 0 heterocycles. The predicted octanol–water partition coefficient (Wildman–Crippen LogP) is 3.55. The Labute approximate surface area is 138 Å². The molecule has 0 fully saturated rings. The lowest BCUT2D eigenvalue weighted by atomic mass is 10.4. The van der Waals surface area contributed by atoms with Gasteiger partial charge in [0.05, 0.1) is 0 Å². The van der Waals surface area contributed by atoms with Crippen LogP contribution in [-0.2, 0) is 8.85 Å². The van der Waals surface area contributed by atoms with Gasteiger partial charge in [-0.1, -0.05) is 0 Å². The van der Waals surface area contributed by atoms with Gasteiger partial charge < -0.3 is 19.5 Å². The third-order valence-electron chi connectivity index (χ3n) is 3.55. The molecular weight excluding hydrogens is 312 g/mol. The molecule has 2 amide bonds. The van der Waals surface area contributed by atoms with Crippen molar-refractivity contribution in [3.63, 3.8) is 0 Å². The molecule has 0 aliphatic rings. The van der Waals surface area contributed by atoms with Gasteiger partial charge in [0.15, 0.2) is 16.6 Å². The minimum absolute atomic E-state index is 0.0632. The summed E-state index contributed by atoms with van der Waals surface area (Å²) >= 11 is 0. The minimum Gasteiger partial charge on any atom is -0.418 e. The van der Waals surface area contributed by atoms with Gasteiger partial charge in [-0.15, -0.1) is 0 Å². The largest absolute Gasteiger partial charge is 0.418 e. The third-order valence-corrected chi connectivity index (χ3v) is 8.81. The summed E-state index contributed by atoms with van der Waals surface area (Å²) < 4.78 is 11.5. The van der Waals surface area contributed by atoms with Gasteiger partial charge in [0, 0.05) is 26.3 Å². The monoisotopic (exact) mass is 348 g/mol. The first-order valence-electron chi connectivity index (χ1n) is 8.52. The summed E-state index contributed by atoms with van der Waals surface area (Å²) in [5.74, 6) is 0. The Hall–Kier alpha value is -0.376. The molecule has 0 atom stereocenters. The van der Waals surface area contributed by atoms with Crippen LogP contribution >= 0.6 is 0 Å². The van der Waals surface area contributed by atoms with Crippen LogP contribution in [0, 0.1) is 0 Å². The first kappa shape index (κ1) is 21.6. The van der Waals surface area contributed by atoms with Crippen LogP contribution in [0.25, 0.3) is 0 Å².